The predicted molar refractivity (Wildman–Crippen MR) is 107 cm³/mol. The molecule has 0 radical (unpaired) electrons. The molecule has 6 nitrogen and oxygen atoms in total. The van der Waals surface area contributed by atoms with E-state index < -0.39 is 4.92 Å². The smallest absolute Gasteiger partial charge is 0.319 e. The summed E-state index contributed by atoms with van der Waals surface area (Å²) in [7, 11) is 0. The molecule has 28 heavy (non-hydrogen) atoms. The number of nitro groups is 1. The summed E-state index contributed by atoms with van der Waals surface area (Å²) in [6, 6.07) is 24.0. The van der Waals surface area contributed by atoms with Gasteiger partial charge in [-0.15, -0.1) is 0 Å². The van der Waals surface area contributed by atoms with Gasteiger partial charge in [-0.1, -0.05) is 60.7 Å². The first kappa shape index (κ1) is 17.7. The lowest BCUT2D eigenvalue weighted by molar-refractivity contribution is -0.384. The van der Waals surface area contributed by atoms with Crippen molar-refractivity contribution < 1.29 is 9.72 Å². The summed E-state index contributed by atoms with van der Waals surface area (Å²) in [5, 5.41) is 13.8. The quantitative estimate of drug-likeness (QED) is 0.530. The zero-order valence-electron chi connectivity index (χ0n) is 15.1. The average Bonchev–Trinajstić information content (AvgIpc) is 2.73. The van der Waals surface area contributed by atoms with Gasteiger partial charge in [-0.25, -0.2) is 4.79 Å². The highest BCUT2D eigenvalue weighted by atomic mass is 16.6. The van der Waals surface area contributed by atoms with E-state index in [2.05, 4.69) is 23.5 Å². The first-order valence-corrected chi connectivity index (χ1v) is 9.05. The number of nitrogens with one attached hydrogen (secondary N) is 1. The third-order valence-corrected chi connectivity index (χ3v) is 4.99. The van der Waals surface area contributed by atoms with Crippen molar-refractivity contribution in [2.75, 3.05) is 11.9 Å². The van der Waals surface area contributed by atoms with Crippen LogP contribution >= 0.6 is 0 Å². The maximum Gasteiger partial charge on any atom is 0.322 e. The van der Waals surface area contributed by atoms with Gasteiger partial charge >= 0.3 is 6.03 Å². The van der Waals surface area contributed by atoms with Crippen LogP contribution in [0, 0.1) is 10.1 Å². The fourth-order valence-corrected chi connectivity index (χ4v) is 3.63. The molecule has 0 spiro atoms. The Labute approximate surface area is 162 Å². The van der Waals surface area contributed by atoms with Gasteiger partial charge in [0.25, 0.3) is 5.69 Å². The SMILES string of the molecule is O=C(Nc1cccc([N+](=O)[O-])c1)N1Cc2ccccc2[C@H](c2ccccc2)C1. The first-order chi connectivity index (χ1) is 13.6. The summed E-state index contributed by atoms with van der Waals surface area (Å²) < 4.78 is 0. The van der Waals surface area contributed by atoms with Gasteiger partial charge in [0, 0.05) is 36.8 Å². The molecule has 140 valence electrons. The maximum absolute atomic E-state index is 12.9. The van der Waals surface area contributed by atoms with Crippen molar-refractivity contribution in [3.05, 3.63) is 106 Å². The number of rotatable bonds is 3. The average molecular weight is 373 g/mol. The van der Waals surface area contributed by atoms with Crippen LogP contribution in [0.15, 0.2) is 78.9 Å². The molecule has 1 aliphatic heterocycles. The van der Waals surface area contributed by atoms with Gasteiger partial charge in [-0.3, -0.25) is 10.1 Å². The molecule has 1 atom stereocenters. The summed E-state index contributed by atoms with van der Waals surface area (Å²) in [5.41, 5.74) is 3.85. The van der Waals surface area contributed by atoms with Crippen molar-refractivity contribution >= 4 is 17.4 Å². The lowest BCUT2D eigenvalue weighted by atomic mass is 9.85. The number of urea groups is 1. The second-order valence-corrected chi connectivity index (χ2v) is 6.78. The van der Waals surface area contributed by atoms with Crippen molar-refractivity contribution in [1.82, 2.24) is 4.90 Å². The minimum atomic E-state index is -0.474. The molecule has 3 aromatic carbocycles. The maximum atomic E-state index is 12.9. The van der Waals surface area contributed by atoms with Crippen LogP contribution < -0.4 is 5.32 Å². The van der Waals surface area contributed by atoms with Gasteiger partial charge in [0.05, 0.1) is 4.92 Å². The van der Waals surface area contributed by atoms with Crippen molar-refractivity contribution in [2.45, 2.75) is 12.5 Å². The third-order valence-electron chi connectivity index (χ3n) is 4.99. The Kier molecular flexibility index (Phi) is 4.76. The van der Waals surface area contributed by atoms with E-state index in [0.717, 1.165) is 11.1 Å². The molecule has 1 heterocycles. The Balaban J connectivity index is 1.59. The number of carbonyl (C=O) groups excluding carboxylic acids is 1. The molecule has 0 fully saturated rings. The Morgan fingerprint density at radius 1 is 1.00 bits per heavy atom. The number of fused-ring (bicyclic) bond motifs is 1. The van der Waals surface area contributed by atoms with Gasteiger partial charge in [-0.05, 0) is 22.8 Å². The van der Waals surface area contributed by atoms with Gasteiger partial charge in [0.15, 0.2) is 0 Å². The van der Waals surface area contributed by atoms with Gasteiger partial charge in [0.1, 0.15) is 0 Å². The molecule has 3 aromatic rings. The number of carbonyl (C=O) groups is 1. The van der Waals surface area contributed by atoms with Crippen molar-refractivity contribution in [3.63, 3.8) is 0 Å². The van der Waals surface area contributed by atoms with E-state index in [4.69, 9.17) is 0 Å². The van der Waals surface area contributed by atoms with E-state index in [9.17, 15) is 14.9 Å². The number of amides is 2. The topological polar surface area (TPSA) is 75.5 Å². The molecule has 2 amide bonds. The van der Waals surface area contributed by atoms with Crippen LogP contribution in [-0.4, -0.2) is 22.4 Å². The molecule has 1 N–H and O–H groups in total. The lowest BCUT2D eigenvalue weighted by Crippen LogP contribution is -2.41. The molecule has 0 aliphatic carbocycles. The summed E-state index contributed by atoms with van der Waals surface area (Å²) in [5.74, 6) is 0.0852. The minimum absolute atomic E-state index is 0.0519. The number of non-ortho nitro benzene ring substituents is 1. The van der Waals surface area contributed by atoms with Crippen molar-refractivity contribution in [3.8, 4) is 0 Å². The Morgan fingerprint density at radius 2 is 1.75 bits per heavy atom. The normalized spacial score (nSPS) is 15.6. The number of hydrogen-bond acceptors (Lipinski definition) is 3. The highest BCUT2D eigenvalue weighted by Crippen LogP contribution is 2.33. The minimum Gasteiger partial charge on any atom is -0.319 e. The van der Waals surface area contributed by atoms with E-state index in [1.807, 2.05) is 36.4 Å². The van der Waals surface area contributed by atoms with E-state index in [1.54, 1.807) is 17.0 Å². The largest absolute Gasteiger partial charge is 0.322 e. The summed E-state index contributed by atoms with van der Waals surface area (Å²) in [4.78, 5) is 25.1. The molecule has 0 bridgehead atoms. The number of nitro benzene ring substituents is 1. The van der Waals surface area contributed by atoms with Crippen LogP contribution in [0.25, 0.3) is 0 Å². The number of anilines is 1. The van der Waals surface area contributed by atoms with Crippen LogP contribution in [0.4, 0.5) is 16.2 Å². The molecule has 0 aromatic heterocycles. The standard InChI is InChI=1S/C22H19N3O3/c26-22(23-18-10-6-11-19(13-18)25(27)28)24-14-17-9-4-5-12-20(17)21(15-24)16-7-2-1-3-8-16/h1-13,21H,14-15H2,(H,23,26)/t21-/m0/s1. The number of hydrogen-bond donors (Lipinski definition) is 1. The molecule has 1 aliphatic rings. The first-order valence-electron chi connectivity index (χ1n) is 9.05. The lowest BCUT2D eigenvalue weighted by Gasteiger charge is -2.35. The van der Waals surface area contributed by atoms with Crippen LogP contribution in [0.1, 0.15) is 22.6 Å². The molecule has 4 rings (SSSR count). The highest BCUT2D eigenvalue weighted by molar-refractivity contribution is 5.90. The van der Waals surface area contributed by atoms with E-state index >= 15 is 0 Å². The van der Waals surface area contributed by atoms with Crippen LogP contribution in [-0.2, 0) is 6.54 Å². The second kappa shape index (κ2) is 7.52. The van der Waals surface area contributed by atoms with E-state index in [0.29, 0.717) is 18.8 Å². The molecular weight excluding hydrogens is 354 g/mol. The fourth-order valence-electron chi connectivity index (χ4n) is 3.63. The van der Waals surface area contributed by atoms with Crippen LogP contribution in [0.2, 0.25) is 0 Å². The molecule has 6 heteroatoms. The van der Waals surface area contributed by atoms with Crippen molar-refractivity contribution in [2.24, 2.45) is 0 Å². The number of nitrogens with zero attached hydrogens (tertiary/aromatic N) is 2. The van der Waals surface area contributed by atoms with E-state index in [1.165, 1.54) is 17.7 Å². The zero-order valence-corrected chi connectivity index (χ0v) is 15.1. The second-order valence-electron chi connectivity index (χ2n) is 6.78. The molecular formula is C22H19N3O3. The summed E-state index contributed by atoms with van der Waals surface area (Å²) in [6.07, 6.45) is 0. The van der Waals surface area contributed by atoms with E-state index in [-0.39, 0.29) is 17.6 Å². The Hall–Kier alpha value is -3.67. The summed E-state index contributed by atoms with van der Waals surface area (Å²) in [6.45, 7) is 1.04. The molecule has 0 saturated heterocycles. The fraction of sp³-hybridized carbons (Fsp3) is 0.136. The summed E-state index contributed by atoms with van der Waals surface area (Å²) >= 11 is 0. The highest BCUT2D eigenvalue weighted by Gasteiger charge is 2.29. The monoisotopic (exact) mass is 373 g/mol. The molecule has 0 unspecified atom stereocenters. The van der Waals surface area contributed by atoms with Gasteiger partial charge in [0.2, 0.25) is 0 Å². The van der Waals surface area contributed by atoms with Crippen molar-refractivity contribution in [1.29, 1.82) is 0 Å². The third kappa shape index (κ3) is 3.57. The predicted octanol–water partition coefficient (Wildman–Crippen LogP) is 4.77. The van der Waals surface area contributed by atoms with Gasteiger partial charge in [-0.2, -0.15) is 0 Å². The van der Waals surface area contributed by atoms with Crippen LogP contribution in [0.5, 0.6) is 0 Å². The number of benzene rings is 3. The Morgan fingerprint density at radius 3 is 2.54 bits per heavy atom. The Bertz CT molecular complexity index is 1020. The van der Waals surface area contributed by atoms with Crippen LogP contribution in [0.3, 0.4) is 0 Å². The zero-order chi connectivity index (χ0) is 19.5. The van der Waals surface area contributed by atoms with Gasteiger partial charge < -0.3 is 10.2 Å². The molecule has 0 saturated carbocycles.